The Morgan fingerprint density at radius 2 is 1.08 bits per heavy atom. The summed E-state index contributed by atoms with van der Waals surface area (Å²) in [6.07, 6.45) is 20.0. The fourth-order valence-corrected chi connectivity index (χ4v) is 4.60. The minimum atomic E-state index is 0.857. The number of hydrogen-bond donors (Lipinski definition) is 1. The average molecular weight is 368 g/mol. The lowest BCUT2D eigenvalue weighted by Crippen LogP contribution is -2.16. The lowest BCUT2D eigenvalue weighted by molar-refractivity contribution is 0.283. The van der Waals surface area contributed by atoms with Gasteiger partial charge in [0.25, 0.3) is 0 Å². The van der Waals surface area contributed by atoms with Crippen molar-refractivity contribution in [3.8, 4) is 0 Å². The molecule has 1 heteroatoms. The smallest absolute Gasteiger partial charge is 0.00493 e. The van der Waals surface area contributed by atoms with Crippen LogP contribution in [0, 0.1) is 23.7 Å². The molecule has 0 aromatic carbocycles. The number of rotatable bonds is 19. The zero-order valence-electron chi connectivity index (χ0n) is 19.4. The van der Waals surface area contributed by atoms with Crippen molar-refractivity contribution >= 4 is 0 Å². The molecule has 0 aromatic rings. The van der Waals surface area contributed by atoms with E-state index in [9.17, 15) is 0 Å². The van der Waals surface area contributed by atoms with E-state index in [1.807, 2.05) is 0 Å². The minimum Gasteiger partial charge on any atom is -0.320 e. The Balaban J connectivity index is 4.48. The summed E-state index contributed by atoms with van der Waals surface area (Å²) in [5, 5.41) is 3.40. The van der Waals surface area contributed by atoms with Crippen molar-refractivity contribution in [2.24, 2.45) is 23.7 Å². The normalized spacial score (nSPS) is 15.3. The Hall–Kier alpha value is -0.0400. The zero-order valence-corrected chi connectivity index (χ0v) is 19.4. The van der Waals surface area contributed by atoms with E-state index in [1.54, 1.807) is 0 Å². The predicted octanol–water partition coefficient (Wildman–Crippen LogP) is 8.23. The van der Waals surface area contributed by atoms with E-state index in [2.05, 4.69) is 47.0 Å². The summed E-state index contributed by atoms with van der Waals surface area (Å²) in [7, 11) is 2.11. The van der Waals surface area contributed by atoms with Gasteiger partial charge in [-0.05, 0) is 50.1 Å². The molecule has 1 N–H and O–H groups in total. The summed E-state index contributed by atoms with van der Waals surface area (Å²) >= 11 is 0. The third kappa shape index (κ3) is 15.1. The highest BCUT2D eigenvalue weighted by Gasteiger charge is 2.17. The SMILES string of the molecule is CCCCC(CCC)CCC(CCNC)CCC(CCCC)CC(C)C. The van der Waals surface area contributed by atoms with Crippen LogP contribution in [-0.4, -0.2) is 13.6 Å². The lowest BCUT2D eigenvalue weighted by Gasteiger charge is -2.24. The molecule has 0 spiro atoms. The van der Waals surface area contributed by atoms with Crippen molar-refractivity contribution in [2.75, 3.05) is 13.6 Å². The van der Waals surface area contributed by atoms with Crippen molar-refractivity contribution in [1.29, 1.82) is 0 Å². The van der Waals surface area contributed by atoms with E-state index in [-0.39, 0.29) is 0 Å². The second kappa shape index (κ2) is 18.3. The maximum atomic E-state index is 3.40. The molecule has 158 valence electrons. The van der Waals surface area contributed by atoms with E-state index in [1.165, 1.54) is 96.4 Å². The lowest BCUT2D eigenvalue weighted by atomic mass is 9.82. The molecule has 0 rings (SSSR count). The van der Waals surface area contributed by atoms with Crippen LogP contribution in [0.5, 0.6) is 0 Å². The predicted molar refractivity (Wildman–Crippen MR) is 121 cm³/mol. The largest absolute Gasteiger partial charge is 0.320 e. The third-order valence-corrected chi connectivity index (χ3v) is 6.20. The fourth-order valence-electron chi connectivity index (χ4n) is 4.60. The third-order valence-electron chi connectivity index (χ3n) is 6.20. The van der Waals surface area contributed by atoms with Crippen molar-refractivity contribution in [2.45, 2.75) is 125 Å². The summed E-state index contributed by atoms with van der Waals surface area (Å²) in [5.74, 6) is 3.76. The molecule has 0 aliphatic heterocycles. The van der Waals surface area contributed by atoms with Crippen LogP contribution in [0.25, 0.3) is 0 Å². The van der Waals surface area contributed by atoms with Gasteiger partial charge in [0.1, 0.15) is 0 Å². The number of unbranched alkanes of at least 4 members (excludes halogenated alkanes) is 2. The van der Waals surface area contributed by atoms with Gasteiger partial charge in [-0.15, -0.1) is 0 Å². The van der Waals surface area contributed by atoms with Gasteiger partial charge in [0.2, 0.25) is 0 Å². The number of nitrogens with one attached hydrogen (secondary N) is 1. The molecule has 0 aromatic heterocycles. The van der Waals surface area contributed by atoms with Crippen LogP contribution in [0.1, 0.15) is 125 Å². The van der Waals surface area contributed by atoms with Crippen LogP contribution < -0.4 is 5.32 Å². The molecule has 0 bridgehead atoms. The molecule has 0 radical (unpaired) electrons. The summed E-state index contributed by atoms with van der Waals surface area (Å²) in [6, 6.07) is 0. The van der Waals surface area contributed by atoms with E-state index < -0.39 is 0 Å². The Morgan fingerprint density at radius 3 is 1.54 bits per heavy atom. The molecular weight excluding hydrogens is 314 g/mol. The molecule has 0 aliphatic carbocycles. The summed E-state index contributed by atoms with van der Waals surface area (Å²) in [6.45, 7) is 13.0. The molecule has 3 unspecified atom stereocenters. The molecule has 0 heterocycles. The number of hydrogen-bond acceptors (Lipinski definition) is 1. The van der Waals surface area contributed by atoms with Crippen LogP contribution in [0.4, 0.5) is 0 Å². The minimum absolute atomic E-state index is 0.857. The average Bonchev–Trinajstić information content (AvgIpc) is 2.62. The first kappa shape index (κ1) is 26.0. The summed E-state index contributed by atoms with van der Waals surface area (Å²) < 4.78 is 0. The van der Waals surface area contributed by atoms with Gasteiger partial charge in [-0.25, -0.2) is 0 Å². The summed E-state index contributed by atoms with van der Waals surface area (Å²) in [4.78, 5) is 0. The van der Waals surface area contributed by atoms with Crippen LogP contribution in [-0.2, 0) is 0 Å². The highest BCUT2D eigenvalue weighted by atomic mass is 14.8. The van der Waals surface area contributed by atoms with Gasteiger partial charge < -0.3 is 5.32 Å². The van der Waals surface area contributed by atoms with Gasteiger partial charge in [-0.1, -0.05) is 112 Å². The zero-order chi connectivity index (χ0) is 19.6. The Kier molecular flexibility index (Phi) is 18.3. The van der Waals surface area contributed by atoms with E-state index in [0.717, 1.165) is 23.7 Å². The molecule has 0 fully saturated rings. The Labute approximate surface area is 167 Å². The molecule has 26 heavy (non-hydrogen) atoms. The Morgan fingerprint density at radius 1 is 0.577 bits per heavy atom. The quantitative estimate of drug-likeness (QED) is 0.242. The highest BCUT2D eigenvalue weighted by Crippen LogP contribution is 2.30. The first-order chi connectivity index (χ1) is 12.6. The standard InChI is InChI=1S/C25H53N/c1-7-10-13-23(12-9-3)15-16-24(19-20-26-6)17-18-25(14-11-8-2)21-22(4)5/h22-26H,7-21H2,1-6H3. The van der Waals surface area contributed by atoms with Crippen molar-refractivity contribution in [1.82, 2.24) is 5.32 Å². The monoisotopic (exact) mass is 367 g/mol. The Bertz CT molecular complexity index is 273. The van der Waals surface area contributed by atoms with Crippen LogP contribution in [0.3, 0.4) is 0 Å². The first-order valence-electron chi connectivity index (χ1n) is 12.2. The van der Waals surface area contributed by atoms with Crippen LogP contribution in [0.2, 0.25) is 0 Å². The molecule has 3 atom stereocenters. The van der Waals surface area contributed by atoms with Gasteiger partial charge in [-0.3, -0.25) is 0 Å². The van der Waals surface area contributed by atoms with Crippen molar-refractivity contribution < 1.29 is 0 Å². The van der Waals surface area contributed by atoms with Gasteiger partial charge in [0, 0.05) is 0 Å². The van der Waals surface area contributed by atoms with Gasteiger partial charge in [0.05, 0.1) is 0 Å². The molecule has 0 amide bonds. The summed E-state index contributed by atoms with van der Waals surface area (Å²) in [5.41, 5.74) is 0. The topological polar surface area (TPSA) is 12.0 Å². The van der Waals surface area contributed by atoms with Crippen molar-refractivity contribution in [3.63, 3.8) is 0 Å². The van der Waals surface area contributed by atoms with Gasteiger partial charge in [-0.2, -0.15) is 0 Å². The molecule has 0 saturated heterocycles. The van der Waals surface area contributed by atoms with E-state index in [4.69, 9.17) is 0 Å². The first-order valence-corrected chi connectivity index (χ1v) is 12.2. The molecular formula is C25H53N. The molecule has 1 nitrogen and oxygen atoms in total. The second-order valence-electron chi connectivity index (χ2n) is 9.35. The fraction of sp³-hybridized carbons (Fsp3) is 1.00. The maximum absolute atomic E-state index is 3.40. The van der Waals surface area contributed by atoms with Crippen LogP contribution >= 0.6 is 0 Å². The van der Waals surface area contributed by atoms with E-state index in [0.29, 0.717) is 0 Å². The van der Waals surface area contributed by atoms with Crippen molar-refractivity contribution in [3.05, 3.63) is 0 Å². The maximum Gasteiger partial charge on any atom is -0.00493 e. The van der Waals surface area contributed by atoms with Crippen LogP contribution in [0.15, 0.2) is 0 Å². The molecule has 0 aliphatic rings. The highest BCUT2D eigenvalue weighted by molar-refractivity contribution is 4.70. The van der Waals surface area contributed by atoms with E-state index >= 15 is 0 Å². The van der Waals surface area contributed by atoms with Gasteiger partial charge >= 0.3 is 0 Å². The second-order valence-corrected chi connectivity index (χ2v) is 9.35. The van der Waals surface area contributed by atoms with Gasteiger partial charge in [0.15, 0.2) is 0 Å². The molecule has 0 saturated carbocycles.